The van der Waals surface area contributed by atoms with Gasteiger partial charge in [0.2, 0.25) is 0 Å². The highest BCUT2D eigenvalue weighted by molar-refractivity contribution is 5.88. The van der Waals surface area contributed by atoms with Gasteiger partial charge in [0.15, 0.2) is 6.10 Å². The summed E-state index contributed by atoms with van der Waals surface area (Å²) >= 11 is 0. The Morgan fingerprint density at radius 3 is 2.37 bits per heavy atom. The number of benzene rings is 2. The van der Waals surface area contributed by atoms with E-state index in [2.05, 4.69) is 51.8 Å². The first-order chi connectivity index (χ1) is 23.2. The molecule has 0 radical (unpaired) electrons. The fourth-order valence-corrected chi connectivity index (χ4v) is 7.12. The standard InChI is InChI=1S/C40H49N5O4/c1-25-34(36(44-18-15-40(6,7)16-19-44)35(26(2)43-25)37(38(46)47)49-39(3,4)5)29-12-13-30-23-45(17-14-27(30)20-29)33-22-32(41-24-42-33)28-10-9-11-31(21-28)48-8/h9-13,20-22,24,37H,14-19,23H2,1-8H3,(H,46,47). The molecule has 1 saturated heterocycles. The zero-order chi connectivity index (χ0) is 35.1. The molecule has 258 valence electrons. The molecule has 0 aliphatic carbocycles. The topological polar surface area (TPSA) is 101 Å². The molecule has 2 aromatic carbocycles. The van der Waals surface area contributed by atoms with E-state index in [0.29, 0.717) is 11.3 Å². The van der Waals surface area contributed by atoms with Gasteiger partial charge in [0.1, 0.15) is 17.9 Å². The van der Waals surface area contributed by atoms with E-state index < -0.39 is 17.7 Å². The first-order valence-electron chi connectivity index (χ1n) is 17.2. The van der Waals surface area contributed by atoms with Crippen molar-refractivity contribution >= 4 is 17.5 Å². The summed E-state index contributed by atoms with van der Waals surface area (Å²) in [4.78, 5) is 31.7. The average molecular weight is 664 g/mol. The van der Waals surface area contributed by atoms with Crippen molar-refractivity contribution in [1.29, 1.82) is 0 Å². The van der Waals surface area contributed by atoms with Crippen LogP contribution in [0.15, 0.2) is 54.9 Å². The molecule has 2 aliphatic heterocycles. The van der Waals surface area contributed by atoms with Crippen molar-refractivity contribution in [2.75, 3.05) is 36.5 Å². The molecule has 2 aromatic heterocycles. The number of carboxylic acids is 1. The monoisotopic (exact) mass is 663 g/mol. The molecule has 0 bridgehead atoms. The predicted octanol–water partition coefficient (Wildman–Crippen LogP) is 7.96. The quantitative estimate of drug-likeness (QED) is 0.201. The molecular formula is C40H49N5O4. The first kappa shape index (κ1) is 34.4. The summed E-state index contributed by atoms with van der Waals surface area (Å²) in [6.07, 6.45) is 3.38. The van der Waals surface area contributed by atoms with E-state index in [9.17, 15) is 9.90 Å². The summed E-state index contributed by atoms with van der Waals surface area (Å²) in [5.41, 5.74) is 9.18. The normalized spacial score (nSPS) is 16.7. The number of nitrogens with zero attached hydrogens (tertiary/aromatic N) is 5. The zero-order valence-corrected chi connectivity index (χ0v) is 30.1. The van der Waals surface area contributed by atoms with Gasteiger partial charge in [0.25, 0.3) is 0 Å². The number of rotatable bonds is 8. The molecule has 6 rings (SSSR count). The van der Waals surface area contributed by atoms with Gasteiger partial charge in [-0.2, -0.15) is 0 Å². The van der Waals surface area contributed by atoms with Crippen molar-refractivity contribution in [2.45, 2.75) is 86.0 Å². The van der Waals surface area contributed by atoms with Crippen LogP contribution in [-0.4, -0.2) is 58.4 Å². The van der Waals surface area contributed by atoms with Crippen molar-refractivity contribution in [1.82, 2.24) is 15.0 Å². The van der Waals surface area contributed by atoms with Crippen LogP contribution < -0.4 is 14.5 Å². The number of carbonyl (C=O) groups is 1. The van der Waals surface area contributed by atoms with Gasteiger partial charge in [-0.3, -0.25) is 4.98 Å². The average Bonchev–Trinajstić information content (AvgIpc) is 3.06. The van der Waals surface area contributed by atoms with Crippen molar-refractivity contribution < 1.29 is 19.4 Å². The maximum atomic E-state index is 12.9. The van der Waals surface area contributed by atoms with E-state index in [1.807, 2.05) is 65.0 Å². The Morgan fingerprint density at radius 1 is 0.918 bits per heavy atom. The van der Waals surface area contributed by atoms with Crippen LogP contribution in [0.1, 0.15) is 81.6 Å². The van der Waals surface area contributed by atoms with Crippen LogP contribution in [0, 0.1) is 19.3 Å². The number of aliphatic carboxylic acids is 1. The fourth-order valence-electron chi connectivity index (χ4n) is 7.12. The van der Waals surface area contributed by atoms with E-state index in [1.165, 1.54) is 11.1 Å². The van der Waals surface area contributed by atoms with Gasteiger partial charge in [-0.15, -0.1) is 0 Å². The van der Waals surface area contributed by atoms with Gasteiger partial charge in [-0.1, -0.05) is 44.2 Å². The molecule has 0 spiro atoms. The molecule has 4 heterocycles. The number of aryl methyl sites for hydroxylation is 2. The molecule has 1 unspecified atom stereocenters. The van der Waals surface area contributed by atoms with Gasteiger partial charge in [-0.25, -0.2) is 14.8 Å². The lowest BCUT2D eigenvalue weighted by molar-refractivity contribution is -0.160. The minimum Gasteiger partial charge on any atom is -0.497 e. The molecule has 1 N–H and O–H groups in total. The van der Waals surface area contributed by atoms with Crippen LogP contribution in [0.25, 0.3) is 22.4 Å². The van der Waals surface area contributed by atoms with Gasteiger partial charge in [-0.05, 0) is 88.1 Å². The minimum atomic E-state index is -1.14. The Bertz CT molecular complexity index is 1850. The summed E-state index contributed by atoms with van der Waals surface area (Å²) in [5, 5.41) is 10.5. The second kappa shape index (κ2) is 13.4. The predicted molar refractivity (Wildman–Crippen MR) is 194 cm³/mol. The molecule has 4 aromatic rings. The molecule has 9 nitrogen and oxygen atoms in total. The summed E-state index contributed by atoms with van der Waals surface area (Å²) in [6, 6.07) is 16.6. The molecule has 49 heavy (non-hydrogen) atoms. The second-order valence-electron chi connectivity index (χ2n) is 15.2. The number of aromatic nitrogens is 3. The highest BCUT2D eigenvalue weighted by Crippen LogP contribution is 2.45. The number of anilines is 2. The van der Waals surface area contributed by atoms with Crippen LogP contribution in [0.5, 0.6) is 5.75 Å². The Balaban J connectivity index is 1.38. The molecular weight excluding hydrogens is 614 g/mol. The van der Waals surface area contributed by atoms with Gasteiger partial charge in [0.05, 0.1) is 24.1 Å². The van der Waals surface area contributed by atoms with Crippen LogP contribution in [0.2, 0.25) is 0 Å². The lowest BCUT2D eigenvalue weighted by atomic mass is 9.81. The first-order valence-corrected chi connectivity index (χ1v) is 17.2. The highest BCUT2D eigenvalue weighted by atomic mass is 16.5. The minimum absolute atomic E-state index is 0.234. The van der Waals surface area contributed by atoms with E-state index in [1.54, 1.807) is 13.4 Å². The third-order valence-corrected chi connectivity index (χ3v) is 9.82. The van der Waals surface area contributed by atoms with Crippen LogP contribution in [-0.2, 0) is 22.5 Å². The molecule has 0 amide bonds. The second-order valence-corrected chi connectivity index (χ2v) is 15.2. The van der Waals surface area contributed by atoms with Crippen molar-refractivity contribution in [3.63, 3.8) is 0 Å². The van der Waals surface area contributed by atoms with E-state index in [4.69, 9.17) is 14.5 Å². The number of hydrogen-bond donors (Lipinski definition) is 1. The summed E-state index contributed by atoms with van der Waals surface area (Å²) in [6.45, 7) is 17.5. The Hall–Kier alpha value is -4.50. The fraction of sp³-hybridized carbons (Fsp3) is 0.450. The maximum Gasteiger partial charge on any atom is 0.337 e. The Labute approximate surface area is 290 Å². The zero-order valence-electron chi connectivity index (χ0n) is 30.1. The van der Waals surface area contributed by atoms with Gasteiger partial charge < -0.3 is 24.4 Å². The number of piperidine rings is 1. The summed E-state index contributed by atoms with van der Waals surface area (Å²) in [7, 11) is 1.67. The lowest BCUT2D eigenvalue weighted by Gasteiger charge is -2.41. The Morgan fingerprint density at radius 2 is 1.67 bits per heavy atom. The highest BCUT2D eigenvalue weighted by Gasteiger charge is 2.36. The summed E-state index contributed by atoms with van der Waals surface area (Å²) < 4.78 is 11.7. The number of hydrogen-bond acceptors (Lipinski definition) is 8. The van der Waals surface area contributed by atoms with Crippen molar-refractivity contribution in [3.8, 4) is 28.1 Å². The smallest absolute Gasteiger partial charge is 0.337 e. The summed E-state index contributed by atoms with van der Waals surface area (Å²) in [5.74, 6) is 0.677. The molecule has 1 atom stereocenters. The number of carboxylic acid groups (broad SMARTS) is 1. The lowest BCUT2D eigenvalue weighted by Crippen LogP contribution is -2.39. The maximum absolute atomic E-state index is 12.9. The molecule has 1 fully saturated rings. The molecule has 0 saturated carbocycles. The van der Waals surface area contributed by atoms with E-state index in [0.717, 1.165) is 90.8 Å². The van der Waals surface area contributed by atoms with E-state index >= 15 is 0 Å². The number of methoxy groups -OCH3 is 1. The Kier molecular flexibility index (Phi) is 9.42. The SMILES string of the molecule is COc1cccc(-c2cc(N3CCc4cc(-c5c(C)nc(C)c(C(OC(C)(C)C)C(=O)O)c5N5CCC(C)(C)CC5)ccc4C3)ncn2)c1. The number of ether oxygens (including phenoxy) is 2. The van der Waals surface area contributed by atoms with Crippen molar-refractivity contribution in [3.05, 3.63) is 82.9 Å². The van der Waals surface area contributed by atoms with Crippen LogP contribution >= 0.6 is 0 Å². The molecule has 9 heteroatoms. The van der Waals surface area contributed by atoms with Crippen LogP contribution in [0.3, 0.4) is 0 Å². The molecule has 2 aliphatic rings. The van der Waals surface area contributed by atoms with E-state index in [-0.39, 0.29) is 5.41 Å². The van der Waals surface area contributed by atoms with Crippen LogP contribution in [0.4, 0.5) is 11.5 Å². The third kappa shape index (κ3) is 7.42. The third-order valence-electron chi connectivity index (χ3n) is 9.82. The number of pyridine rings is 1. The number of fused-ring (bicyclic) bond motifs is 1. The largest absolute Gasteiger partial charge is 0.497 e. The van der Waals surface area contributed by atoms with Gasteiger partial charge in [0, 0.05) is 60.3 Å². The van der Waals surface area contributed by atoms with Gasteiger partial charge >= 0.3 is 5.97 Å². The van der Waals surface area contributed by atoms with Crippen molar-refractivity contribution in [2.24, 2.45) is 5.41 Å².